The minimum Gasteiger partial charge on any atom is -0.480 e. The third-order valence-electron chi connectivity index (χ3n) is 1.87. The van der Waals surface area contributed by atoms with Crippen LogP contribution in [0.5, 0.6) is 5.88 Å². The second-order valence-corrected chi connectivity index (χ2v) is 3.67. The Kier molecular flexibility index (Phi) is 2.83. The van der Waals surface area contributed by atoms with Crippen LogP contribution in [-0.2, 0) is 4.84 Å². The SMILES string of the molecule is COc1nc(N2CCCO2)ncc1Br. The molecule has 5 nitrogen and oxygen atoms in total. The molecule has 0 atom stereocenters. The van der Waals surface area contributed by atoms with Crippen LogP contribution >= 0.6 is 15.9 Å². The van der Waals surface area contributed by atoms with Crippen LogP contribution < -0.4 is 9.80 Å². The molecule has 1 aliphatic heterocycles. The van der Waals surface area contributed by atoms with E-state index in [2.05, 4.69) is 25.9 Å². The summed E-state index contributed by atoms with van der Waals surface area (Å²) in [7, 11) is 1.57. The summed E-state index contributed by atoms with van der Waals surface area (Å²) < 4.78 is 5.80. The van der Waals surface area contributed by atoms with Crippen molar-refractivity contribution in [1.29, 1.82) is 0 Å². The molecule has 0 bridgehead atoms. The summed E-state index contributed by atoms with van der Waals surface area (Å²) in [6.07, 6.45) is 2.66. The van der Waals surface area contributed by atoms with Crippen molar-refractivity contribution >= 4 is 21.9 Å². The van der Waals surface area contributed by atoms with Gasteiger partial charge in [0.25, 0.3) is 5.95 Å². The van der Waals surface area contributed by atoms with Gasteiger partial charge in [0.1, 0.15) is 0 Å². The van der Waals surface area contributed by atoms with Crippen molar-refractivity contribution in [1.82, 2.24) is 9.97 Å². The molecule has 0 N–H and O–H groups in total. The first-order valence-electron chi connectivity index (χ1n) is 4.28. The van der Waals surface area contributed by atoms with Gasteiger partial charge in [0, 0.05) is 0 Å². The van der Waals surface area contributed by atoms with Crippen LogP contribution in [0.1, 0.15) is 6.42 Å². The largest absolute Gasteiger partial charge is 0.480 e. The molecule has 1 aromatic rings. The highest BCUT2D eigenvalue weighted by Gasteiger charge is 2.17. The quantitative estimate of drug-likeness (QED) is 0.804. The van der Waals surface area contributed by atoms with Gasteiger partial charge in [0.05, 0.1) is 30.9 Å². The fourth-order valence-electron chi connectivity index (χ4n) is 1.21. The highest BCUT2D eigenvalue weighted by molar-refractivity contribution is 9.10. The monoisotopic (exact) mass is 259 g/mol. The van der Waals surface area contributed by atoms with E-state index in [1.165, 1.54) is 0 Å². The van der Waals surface area contributed by atoms with Gasteiger partial charge in [-0.2, -0.15) is 4.98 Å². The first-order valence-corrected chi connectivity index (χ1v) is 5.07. The minimum absolute atomic E-state index is 0.519. The Morgan fingerprint density at radius 3 is 3.14 bits per heavy atom. The second-order valence-electron chi connectivity index (χ2n) is 2.82. The van der Waals surface area contributed by atoms with Gasteiger partial charge in [-0.05, 0) is 22.4 Å². The van der Waals surface area contributed by atoms with Gasteiger partial charge in [0.15, 0.2) is 0 Å². The maximum Gasteiger partial charge on any atom is 0.253 e. The first kappa shape index (κ1) is 9.67. The molecule has 0 radical (unpaired) electrons. The molecule has 6 heteroatoms. The number of hydrogen-bond donors (Lipinski definition) is 0. The Balaban J connectivity index is 2.25. The van der Waals surface area contributed by atoms with Crippen molar-refractivity contribution in [2.24, 2.45) is 0 Å². The van der Waals surface area contributed by atoms with Gasteiger partial charge in [0.2, 0.25) is 5.88 Å². The number of anilines is 1. The lowest BCUT2D eigenvalue weighted by molar-refractivity contribution is 0.163. The minimum atomic E-state index is 0.519. The number of rotatable bonds is 2. The fourth-order valence-corrected chi connectivity index (χ4v) is 1.56. The van der Waals surface area contributed by atoms with Gasteiger partial charge in [-0.15, -0.1) is 0 Å². The van der Waals surface area contributed by atoms with Crippen LogP contribution in [-0.4, -0.2) is 30.2 Å². The number of aromatic nitrogens is 2. The molecule has 14 heavy (non-hydrogen) atoms. The van der Waals surface area contributed by atoms with Crippen LogP contribution in [0.15, 0.2) is 10.7 Å². The molecule has 1 aromatic heterocycles. The predicted octanol–water partition coefficient (Wildman–Crippen LogP) is 1.39. The van der Waals surface area contributed by atoms with Crippen molar-refractivity contribution in [2.75, 3.05) is 25.3 Å². The zero-order chi connectivity index (χ0) is 9.97. The number of ether oxygens (including phenoxy) is 1. The Morgan fingerprint density at radius 2 is 2.50 bits per heavy atom. The molecule has 0 aromatic carbocycles. The standard InChI is InChI=1S/C8H10BrN3O2/c1-13-7-6(9)5-10-8(11-7)12-3-2-4-14-12/h5H,2-4H2,1H3. The maximum atomic E-state index is 5.32. The number of hydrogen-bond acceptors (Lipinski definition) is 5. The van der Waals surface area contributed by atoms with E-state index in [0.717, 1.165) is 24.0 Å². The van der Waals surface area contributed by atoms with E-state index in [0.29, 0.717) is 11.8 Å². The summed E-state index contributed by atoms with van der Waals surface area (Å²) in [6, 6.07) is 0. The van der Waals surface area contributed by atoms with Gasteiger partial charge in [-0.25, -0.2) is 10.0 Å². The lowest BCUT2D eigenvalue weighted by Crippen LogP contribution is -2.19. The number of halogens is 1. The highest BCUT2D eigenvalue weighted by Crippen LogP contribution is 2.24. The third-order valence-corrected chi connectivity index (χ3v) is 2.41. The summed E-state index contributed by atoms with van der Waals surface area (Å²) >= 11 is 3.29. The van der Waals surface area contributed by atoms with Crippen molar-refractivity contribution in [3.63, 3.8) is 0 Å². The predicted molar refractivity (Wildman–Crippen MR) is 54.2 cm³/mol. The summed E-state index contributed by atoms with van der Waals surface area (Å²) in [5, 5.41) is 1.68. The van der Waals surface area contributed by atoms with Crippen LogP contribution in [0.25, 0.3) is 0 Å². The molecular weight excluding hydrogens is 250 g/mol. The molecule has 76 valence electrons. The van der Waals surface area contributed by atoms with Crippen molar-refractivity contribution < 1.29 is 9.57 Å². The Hall–Kier alpha value is -0.880. The topological polar surface area (TPSA) is 47.5 Å². The second kappa shape index (κ2) is 4.10. The lowest BCUT2D eigenvalue weighted by atomic mass is 10.5. The third kappa shape index (κ3) is 1.80. The van der Waals surface area contributed by atoms with E-state index in [-0.39, 0.29) is 0 Å². The molecular formula is C8H10BrN3O2. The zero-order valence-corrected chi connectivity index (χ0v) is 9.32. The average Bonchev–Trinajstić information content (AvgIpc) is 2.71. The maximum absolute atomic E-state index is 5.32. The molecule has 2 heterocycles. The summed E-state index contributed by atoms with van der Waals surface area (Å²) in [4.78, 5) is 13.6. The van der Waals surface area contributed by atoms with Crippen LogP contribution in [0.4, 0.5) is 5.95 Å². The van der Waals surface area contributed by atoms with Crippen molar-refractivity contribution in [3.8, 4) is 5.88 Å². The van der Waals surface area contributed by atoms with Gasteiger partial charge >= 0.3 is 0 Å². The van der Waals surface area contributed by atoms with Crippen LogP contribution in [0.3, 0.4) is 0 Å². The number of nitrogens with zero attached hydrogens (tertiary/aromatic N) is 3. The van der Waals surface area contributed by atoms with Crippen LogP contribution in [0.2, 0.25) is 0 Å². The van der Waals surface area contributed by atoms with Crippen LogP contribution in [0, 0.1) is 0 Å². The van der Waals surface area contributed by atoms with Gasteiger partial charge < -0.3 is 4.74 Å². The molecule has 0 amide bonds. The lowest BCUT2D eigenvalue weighted by Gasteiger charge is -2.13. The zero-order valence-electron chi connectivity index (χ0n) is 7.73. The normalized spacial score (nSPS) is 16.0. The van der Waals surface area contributed by atoms with Gasteiger partial charge in [-0.3, -0.25) is 4.84 Å². The van der Waals surface area contributed by atoms with E-state index >= 15 is 0 Å². The number of methoxy groups -OCH3 is 1. The summed E-state index contributed by atoms with van der Waals surface area (Å²) in [5.41, 5.74) is 0. The van der Waals surface area contributed by atoms with E-state index < -0.39 is 0 Å². The molecule has 1 saturated heterocycles. The number of hydroxylamine groups is 1. The molecule has 1 aliphatic rings. The Morgan fingerprint density at radius 1 is 1.64 bits per heavy atom. The summed E-state index contributed by atoms with van der Waals surface area (Å²) in [6.45, 7) is 1.55. The molecule has 2 rings (SSSR count). The van der Waals surface area contributed by atoms with Gasteiger partial charge in [-0.1, -0.05) is 0 Å². The Labute approximate surface area is 90.1 Å². The van der Waals surface area contributed by atoms with E-state index in [9.17, 15) is 0 Å². The molecule has 1 fully saturated rings. The fraction of sp³-hybridized carbons (Fsp3) is 0.500. The molecule has 0 aliphatic carbocycles. The molecule has 0 spiro atoms. The van der Waals surface area contributed by atoms with E-state index in [1.54, 1.807) is 18.4 Å². The smallest absolute Gasteiger partial charge is 0.253 e. The average molecular weight is 260 g/mol. The van der Waals surface area contributed by atoms with E-state index in [1.807, 2.05) is 0 Å². The van der Waals surface area contributed by atoms with E-state index in [4.69, 9.17) is 9.57 Å². The molecule has 0 unspecified atom stereocenters. The highest BCUT2D eigenvalue weighted by atomic mass is 79.9. The first-order chi connectivity index (χ1) is 6.81. The van der Waals surface area contributed by atoms with Crippen molar-refractivity contribution in [3.05, 3.63) is 10.7 Å². The molecule has 0 saturated carbocycles. The van der Waals surface area contributed by atoms with Crippen molar-refractivity contribution in [2.45, 2.75) is 6.42 Å². The summed E-state index contributed by atoms with van der Waals surface area (Å²) in [5.74, 6) is 1.06. The Bertz CT molecular complexity index is 328.